The van der Waals surface area contributed by atoms with Crippen molar-refractivity contribution in [3.05, 3.63) is 47.0 Å². The van der Waals surface area contributed by atoms with Gasteiger partial charge in [0.25, 0.3) is 5.69 Å². The van der Waals surface area contributed by atoms with E-state index in [1.165, 1.54) is 18.2 Å². The average molecular weight is 343 g/mol. The molecule has 1 atom stereocenters. The van der Waals surface area contributed by atoms with Crippen LogP contribution in [0.15, 0.2) is 41.8 Å². The van der Waals surface area contributed by atoms with Crippen molar-refractivity contribution in [2.24, 2.45) is 5.73 Å². The first-order valence-corrected chi connectivity index (χ1v) is 7.87. The number of nitro benzene ring substituents is 1. The van der Waals surface area contributed by atoms with E-state index in [-0.39, 0.29) is 6.54 Å². The molecule has 0 aliphatic rings. The predicted octanol–water partition coefficient (Wildman–Crippen LogP) is 0.272. The molecule has 10 heteroatoms. The number of para-hydroxylation sites is 1. The van der Waals surface area contributed by atoms with Gasteiger partial charge in [0, 0.05) is 19.2 Å². The van der Waals surface area contributed by atoms with Crippen molar-refractivity contribution < 1.29 is 22.9 Å². The van der Waals surface area contributed by atoms with Gasteiger partial charge in [0.15, 0.2) is 4.90 Å². The number of nitrogens with two attached hydrogens (primary N) is 1. The fourth-order valence-corrected chi connectivity index (χ4v) is 3.42. The number of nitro groups is 1. The van der Waals surface area contributed by atoms with E-state index in [0.717, 1.165) is 23.5 Å². The van der Waals surface area contributed by atoms with Crippen LogP contribution in [0.4, 0.5) is 5.69 Å². The lowest BCUT2D eigenvalue weighted by Crippen LogP contribution is -2.45. The normalized spacial score (nSPS) is 12.7. The molecule has 0 bridgehead atoms. The minimum atomic E-state index is -4.24. The Morgan fingerprint density at radius 2 is 2.13 bits per heavy atom. The largest absolute Gasteiger partial charge is 0.468 e. The van der Waals surface area contributed by atoms with Gasteiger partial charge in [-0.25, -0.2) is 8.42 Å². The van der Waals surface area contributed by atoms with Crippen molar-refractivity contribution in [3.63, 3.8) is 0 Å². The van der Waals surface area contributed by atoms with Crippen molar-refractivity contribution >= 4 is 21.7 Å². The Morgan fingerprint density at radius 3 is 2.65 bits per heavy atom. The Kier molecular flexibility index (Phi) is 6.37. The second-order valence-corrected chi connectivity index (χ2v) is 6.37. The maximum atomic E-state index is 12.7. The minimum Gasteiger partial charge on any atom is -0.468 e. The molecule has 0 aliphatic carbocycles. The summed E-state index contributed by atoms with van der Waals surface area (Å²) in [6.07, 6.45) is 1.29. The second-order valence-electron chi connectivity index (χ2n) is 4.47. The van der Waals surface area contributed by atoms with Gasteiger partial charge in [-0.3, -0.25) is 14.9 Å². The van der Waals surface area contributed by atoms with Gasteiger partial charge in [-0.05, 0) is 6.07 Å². The van der Waals surface area contributed by atoms with Gasteiger partial charge in [-0.2, -0.15) is 4.31 Å². The van der Waals surface area contributed by atoms with Crippen molar-refractivity contribution in [1.29, 1.82) is 0 Å². The molecule has 9 nitrogen and oxygen atoms in total. The summed E-state index contributed by atoms with van der Waals surface area (Å²) in [5, 5.41) is 11.0. The molecule has 1 unspecified atom stereocenters. The molecule has 0 saturated heterocycles. The second kappa shape index (κ2) is 7.81. The Hall–Kier alpha value is -2.30. The highest BCUT2D eigenvalue weighted by Crippen LogP contribution is 2.26. The van der Waals surface area contributed by atoms with Crippen molar-refractivity contribution in [3.8, 4) is 0 Å². The first-order chi connectivity index (χ1) is 10.8. The zero-order valence-corrected chi connectivity index (χ0v) is 13.2. The van der Waals surface area contributed by atoms with Crippen molar-refractivity contribution in [1.82, 2.24) is 4.31 Å². The number of carbonyl (C=O) groups is 1. The van der Waals surface area contributed by atoms with Gasteiger partial charge in [-0.15, -0.1) is 6.58 Å². The number of esters is 1. The Balaban J connectivity index is 3.27. The van der Waals surface area contributed by atoms with Gasteiger partial charge in [0.1, 0.15) is 6.04 Å². The first kappa shape index (κ1) is 18.7. The van der Waals surface area contributed by atoms with E-state index in [1.54, 1.807) is 0 Å². The van der Waals surface area contributed by atoms with Crippen LogP contribution in [0.1, 0.15) is 0 Å². The van der Waals surface area contributed by atoms with Gasteiger partial charge < -0.3 is 10.5 Å². The topological polar surface area (TPSA) is 133 Å². The van der Waals surface area contributed by atoms with Crippen LogP contribution in [0.2, 0.25) is 0 Å². The zero-order valence-electron chi connectivity index (χ0n) is 12.4. The van der Waals surface area contributed by atoms with Crippen LogP contribution in [-0.4, -0.2) is 49.9 Å². The van der Waals surface area contributed by atoms with Gasteiger partial charge in [0.2, 0.25) is 10.0 Å². The number of hydrogen-bond donors (Lipinski definition) is 1. The fraction of sp³-hybridized carbons (Fsp3) is 0.308. The van der Waals surface area contributed by atoms with E-state index in [9.17, 15) is 23.3 Å². The number of ether oxygens (including phenoxy) is 1. The summed E-state index contributed by atoms with van der Waals surface area (Å²) in [6, 6.07) is 3.70. The number of hydrogen-bond acceptors (Lipinski definition) is 7. The third-order valence-corrected chi connectivity index (χ3v) is 4.80. The third kappa shape index (κ3) is 4.34. The quantitative estimate of drug-likeness (QED) is 0.310. The molecule has 0 aromatic heterocycles. The smallest absolute Gasteiger partial charge is 0.324 e. The number of methoxy groups -OCH3 is 1. The van der Waals surface area contributed by atoms with E-state index in [1.807, 2.05) is 0 Å². The summed E-state index contributed by atoms with van der Waals surface area (Å²) in [4.78, 5) is 21.1. The van der Waals surface area contributed by atoms with Crippen LogP contribution in [0.5, 0.6) is 0 Å². The minimum absolute atomic E-state index is 0.168. The van der Waals surface area contributed by atoms with Gasteiger partial charge in [0.05, 0.1) is 12.0 Å². The Morgan fingerprint density at radius 1 is 1.52 bits per heavy atom. The maximum Gasteiger partial charge on any atom is 0.324 e. The molecule has 0 heterocycles. The highest BCUT2D eigenvalue weighted by Gasteiger charge is 2.33. The molecule has 0 aliphatic heterocycles. The molecule has 1 aromatic rings. The lowest BCUT2D eigenvalue weighted by Gasteiger charge is -2.22. The maximum absolute atomic E-state index is 12.7. The molecule has 1 aromatic carbocycles. The monoisotopic (exact) mass is 343 g/mol. The molecule has 0 spiro atoms. The molecular formula is C13H17N3O6S. The summed E-state index contributed by atoms with van der Waals surface area (Å²) >= 11 is 0. The predicted molar refractivity (Wildman–Crippen MR) is 82.0 cm³/mol. The molecule has 2 N–H and O–H groups in total. The number of benzene rings is 1. The van der Waals surface area contributed by atoms with Crippen LogP contribution < -0.4 is 5.73 Å². The number of sulfonamides is 1. The van der Waals surface area contributed by atoms with Crippen LogP contribution >= 0.6 is 0 Å². The van der Waals surface area contributed by atoms with Crippen LogP contribution in [0.25, 0.3) is 0 Å². The summed E-state index contributed by atoms with van der Waals surface area (Å²) < 4.78 is 30.6. The molecule has 126 valence electrons. The summed E-state index contributed by atoms with van der Waals surface area (Å²) in [7, 11) is -3.12. The SMILES string of the molecule is C=CCN(CC(N)C(=O)OC)S(=O)(=O)c1ccccc1[N+](=O)[O-]. The first-order valence-electron chi connectivity index (χ1n) is 6.43. The summed E-state index contributed by atoms with van der Waals surface area (Å²) in [5.41, 5.74) is 5.02. The summed E-state index contributed by atoms with van der Waals surface area (Å²) in [6.45, 7) is 2.88. The highest BCUT2D eigenvalue weighted by atomic mass is 32.2. The fourth-order valence-electron chi connectivity index (χ4n) is 1.83. The molecule has 0 amide bonds. The van der Waals surface area contributed by atoms with Crippen LogP contribution in [0.3, 0.4) is 0 Å². The lowest BCUT2D eigenvalue weighted by atomic mass is 10.3. The van der Waals surface area contributed by atoms with E-state index < -0.39 is 44.1 Å². The van der Waals surface area contributed by atoms with Crippen molar-refractivity contribution in [2.75, 3.05) is 20.2 Å². The third-order valence-electron chi connectivity index (χ3n) is 2.92. The van der Waals surface area contributed by atoms with E-state index >= 15 is 0 Å². The van der Waals surface area contributed by atoms with E-state index in [0.29, 0.717) is 0 Å². The summed E-state index contributed by atoms with van der Waals surface area (Å²) in [5.74, 6) is -0.795. The van der Waals surface area contributed by atoms with E-state index in [2.05, 4.69) is 11.3 Å². The van der Waals surface area contributed by atoms with Crippen LogP contribution in [-0.2, 0) is 19.6 Å². The van der Waals surface area contributed by atoms with Gasteiger partial charge >= 0.3 is 5.97 Å². The molecular weight excluding hydrogens is 326 g/mol. The molecule has 23 heavy (non-hydrogen) atoms. The highest BCUT2D eigenvalue weighted by molar-refractivity contribution is 7.89. The standard InChI is InChI=1S/C13H17N3O6S/c1-3-8-15(9-10(14)13(17)22-2)23(20,21)12-7-5-4-6-11(12)16(18)19/h3-7,10H,1,8-9,14H2,2H3. The van der Waals surface area contributed by atoms with Gasteiger partial charge in [-0.1, -0.05) is 18.2 Å². The average Bonchev–Trinajstić information content (AvgIpc) is 2.53. The Bertz CT molecular complexity index is 703. The number of nitrogens with zero attached hydrogens (tertiary/aromatic N) is 2. The Labute approximate surface area is 133 Å². The lowest BCUT2D eigenvalue weighted by molar-refractivity contribution is -0.387. The van der Waals surface area contributed by atoms with Crippen molar-refractivity contribution in [2.45, 2.75) is 10.9 Å². The molecule has 0 radical (unpaired) electrons. The molecule has 1 rings (SSSR count). The number of carbonyl (C=O) groups excluding carboxylic acids is 1. The zero-order chi connectivity index (χ0) is 17.6. The molecule has 0 fully saturated rings. The number of rotatable bonds is 8. The van der Waals surface area contributed by atoms with E-state index in [4.69, 9.17) is 5.73 Å². The van der Waals surface area contributed by atoms with Crippen LogP contribution in [0, 0.1) is 10.1 Å². The molecule has 0 saturated carbocycles.